The first kappa shape index (κ1) is 16.7. The van der Waals surface area contributed by atoms with Gasteiger partial charge in [0.15, 0.2) is 5.13 Å². The highest BCUT2D eigenvalue weighted by molar-refractivity contribution is 7.15. The molecule has 21 heavy (non-hydrogen) atoms. The van der Waals surface area contributed by atoms with Crippen molar-refractivity contribution in [2.75, 3.05) is 24.5 Å². The van der Waals surface area contributed by atoms with Crippen LogP contribution >= 0.6 is 11.3 Å². The molecule has 120 valence electrons. The maximum atomic E-state index is 5.82. The van der Waals surface area contributed by atoms with Crippen LogP contribution in [0.5, 0.6) is 0 Å². The number of anilines is 1. The number of nitrogens with zero attached hydrogens (tertiary/aromatic N) is 2. The van der Waals surface area contributed by atoms with E-state index in [1.807, 2.05) is 11.3 Å². The predicted molar refractivity (Wildman–Crippen MR) is 90.3 cm³/mol. The summed E-state index contributed by atoms with van der Waals surface area (Å²) in [7, 11) is 0. The Labute approximate surface area is 132 Å². The van der Waals surface area contributed by atoms with Gasteiger partial charge in [-0.2, -0.15) is 0 Å². The monoisotopic (exact) mass is 311 g/mol. The summed E-state index contributed by atoms with van der Waals surface area (Å²) in [6, 6.07) is 0. The summed E-state index contributed by atoms with van der Waals surface area (Å²) in [4.78, 5) is 8.72. The van der Waals surface area contributed by atoms with Crippen LogP contribution in [-0.2, 0) is 17.7 Å². The number of aromatic nitrogens is 1. The molecule has 5 heteroatoms. The largest absolute Gasteiger partial charge is 0.372 e. The molecule has 1 aromatic heterocycles. The molecule has 1 fully saturated rings. The number of rotatable bonds is 7. The number of nitrogens with one attached hydrogen (secondary N) is 1. The zero-order chi connectivity index (χ0) is 15.2. The Kier molecular flexibility index (Phi) is 6.45. The molecule has 4 nitrogen and oxygen atoms in total. The van der Waals surface area contributed by atoms with Crippen molar-refractivity contribution in [1.29, 1.82) is 0 Å². The van der Waals surface area contributed by atoms with Crippen LogP contribution in [0.15, 0.2) is 0 Å². The first-order valence-corrected chi connectivity index (χ1v) is 9.05. The van der Waals surface area contributed by atoms with Gasteiger partial charge in [-0.1, -0.05) is 20.3 Å². The van der Waals surface area contributed by atoms with Gasteiger partial charge < -0.3 is 15.0 Å². The Bertz CT molecular complexity index is 425. The van der Waals surface area contributed by atoms with Crippen LogP contribution < -0.4 is 10.2 Å². The van der Waals surface area contributed by atoms with Crippen LogP contribution in [-0.4, -0.2) is 36.8 Å². The highest BCUT2D eigenvalue weighted by atomic mass is 32.1. The second-order valence-electron chi connectivity index (χ2n) is 5.96. The third kappa shape index (κ3) is 4.66. The van der Waals surface area contributed by atoms with Gasteiger partial charge in [0.2, 0.25) is 0 Å². The molecule has 1 saturated heterocycles. The lowest BCUT2D eigenvalue weighted by molar-refractivity contribution is -0.00523. The summed E-state index contributed by atoms with van der Waals surface area (Å²) < 4.78 is 5.82. The zero-order valence-corrected chi connectivity index (χ0v) is 14.6. The standard InChI is InChI=1S/C16H29N3OS/c1-5-7-14-15(9-17-8-6-2)21-16(18-14)19-10-12(3)20-13(4)11-19/h12-13,17H,5-11H2,1-4H3/t12-,13+. The fraction of sp³-hybridized carbons (Fsp3) is 0.812. The Balaban J connectivity index is 2.09. The Morgan fingerprint density at radius 3 is 2.57 bits per heavy atom. The molecule has 1 N–H and O–H groups in total. The molecule has 1 aliphatic heterocycles. The highest BCUT2D eigenvalue weighted by Gasteiger charge is 2.25. The van der Waals surface area contributed by atoms with Gasteiger partial charge in [0.25, 0.3) is 0 Å². The Morgan fingerprint density at radius 2 is 1.95 bits per heavy atom. The molecule has 0 radical (unpaired) electrons. The molecule has 0 unspecified atom stereocenters. The van der Waals surface area contributed by atoms with E-state index in [0.29, 0.717) is 0 Å². The van der Waals surface area contributed by atoms with Crippen LogP contribution in [0.3, 0.4) is 0 Å². The molecule has 0 aromatic carbocycles. The van der Waals surface area contributed by atoms with Gasteiger partial charge in [0.1, 0.15) is 0 Å². The van der Waals surface area contributed by atoms with Crippen molar-refractivity contribution in [3.63, 3.8) is 0 Å². The predicted octanol–water partition coefficient (Wildman–Crippen LogP) is 3.21. The Morgan fingerprint density at radius 1 is 1.24 bits per heavy atom. The van der Waals surface area contributed by atoms with Crippen LogP contribution in [0.25, 0.3) is 0 Å². The van der Waals surface area contributed by atoms with E-state index in [-0.39, 0.29) is 12.2 Å². The zero-order valence-electron chi connectivity index (χ0n) is 13.8. The molecule has 1 aliphatic rings. The van der Waals surface area contributed by atoms with Crippen LogP contribution in [0.4, 0.5) is 5.13 Å². The highest BCUT2D eigenvalue weighted by Crippen LogP contribution is 2.29. The lowest BCUT2D eigenvalue weighted by Crippen LogP contribution is -2.45. The summed E-state index contributed by atoms with van der Waals surface area (Å²) in [5.74, 6) is 0. The van der Waals surface area contributed by atoms with E-state index in [0.717, 1.165) is 39.0 Å². The van der Waals surface area contributed by atoms with Crippen molar-refractivity contribution < 1.29 is 4.74 Å². The first-order valence-electron chi connectivity index (χ1n) is 8.23. The fourth-order valence-electron chi connectivity index (χ4n) is 2.79. The number of ether oxygens (including phenoxy) is 1. The van der Waals surface area contributed by atoms with E-state index in [1.54, 1.807) is 0 Å². The molecule has 0 amide bonds. The summed E-state index contributed by atoms with van der Waals surface area (Å²) in [5, 5.41) is 4.69. The summed E-state index contributed by atoms with van der Waals surface area (Å²) in [6.07, 6.45) is 3.98. The van der Waals surface area contributed by atoms with Crippen LogP contribution in [0, 0.1) is 0 Å². The number of hydrogen-bond acceptors (Lipinski definition) is 5. The summed E-state index contributed by atoms with van der Waals surface area (Å²) >= 11 is 1.86. The maximum Gasteiger partial charge on any atom is 0.186 e. The van der Waals surface area contributed by atoms with Crippen molar-refractivity contribution in [1.82, 2.24) is 10.3 Å². The van der Waals surface area contributed by atoms with Gasteiger partial charge in [-0.05, 0) is 33.2 Å². The van der Waals surface area contributed by atoms with Crippen molar-refractivity contribution in [3.8, 4) is 0 Å². The molecule has 2 atom stereocenters. The second kappa shape index (κ2) is 8.11. The average Bonchev–Trinajstić information content (AvgIpc) is 2.82. The van der Waals surface area contributed by atoms with Crippen molar-refractivity contribution in [2.24, 2.45) is 0 Å². The second-order valence-corrected chi connectivity index (χ2v) is 7.02. The Hall–Kier alpha value is -0.650. The SMILES string of the molecule is CCCNCc1sc(N2C[C@@H](C)O[C@@H](C)C2)nc1CCC. The third-order valence-electron chi connectivity index (χ3n) is 3.66. The molecule has 0 bridgehead atoms. The average molecular weight is 311 g/mol. The summed E-state index contributed by atoms with van der Waals surface area (Å²) in [5.41, 5.74) is 1.29. The van der Waals surface area contributed by atoms with Crippen LogP contribution in [0.2, 0.25) is 0 Å². The normalized spacial score (nSPS) is 22.8. The maximum absolute atomic E-state index is 5.82. The van der Waals surface area contributed by atoms with Gasteiger partial charge in [0, 0.05) is 24.5 Å². The lowest BCUT2D eigenvalue weighted by Gasteiger charge is -2.35. The van der Waals surface area contributed by atoms with Gasteiger partial charge in [0.05, 0.1) is 17.9 Å². The van der Waals surface area contributed by atoms with E-state index in [4.69, 9.17) is 9.72 Å². The fourth-order valence-corrected chi connectivity index (χ4v) is 3.88. The lowest BCUT2D eigenvalue weighted by atomic mass is 10.2. The minimum absolute atomic E-state index is 0.286. The molecule has 2 heterocycles. The molecule has 2 rings (SSSR count). The minimum Gasteiger partial charge on any atom is -0.372 e. The van der Waals surface area contributed by atoms with Gasteiger partial charge in [-0.15, -0.1) is 11.3 Å². The van der Waals surface area contributed by atoms with Gasteiger partial charge in [-0.3, -0.25) is 0 Å². The first-order chi connectivity index (χ1) is 10.1. The number of hydrogen-bond donors (Lipinski definition) is 1. The van der Waals surface area contributed by atoms with E-state index in [1.165, 1.54) is 22.1 Å². The van der Waals surface area contributed by atoms with Gasteiger partial charge in [-0.25, -0.2) is 4.98 Å². The number of aryl methyl sites for hydroxylation is 1. The van der Waals surface area contributed by atoms with Crippen molar-refractivity contribution in [2.45, 2.75) is 65.7 Å². The quantitative estimate of drug-likeness (QED) is 0.785. The topological polar surface area (TPSA) is 37.4 Å². The molecule has 0 saturated carbocycles. The molecular weight excluding hydrogens is 282 g/mol. The summed E-state index contributed by atoms with van der Waals surface area (Å²) in [6.45, 7) is 12.6. The molecule has 0 aliphatic carbocycles. The molecular formula is C16H29N3OS. The van der Waals surface area contributed by atoms with E-state index in [2.05, 4.69) is 37.9 Å². The van der Waals surface area contributed by atoms with Crippen molar-refractivity contribution in [3.05, 3.63) is 10.6 Å². The third-order valence-corrected chi connectivity index (χ3v) is 4.81. The number of thiazole rings is 1. The van der Waals surface area contributed by atoms with Crippen molar-refractivity contribution >= 4 is 16.5 Å². The van der Waals surface area contributed by atoms with E-state index < -0.39 is 0 Å². The number of morpholine rings is 1. The van der Waals surface area contributed by atoms with E-state index in [9.17, 15) is 0 Å². The smallest absolute Gasteiger partial charge is 0.186 e. The van der Waals surface area contributed by atoms with Gasteiger partial charge >= 0.3 is 0 Å². The molecule has 1 aromatic rings. The van der Waals surface area contributed by atoms with E-state index >= 15 is 0 Å². The minimum atomic E-state index is 0.286. The molecule has 0 spiro atoms. The van der Waals surface area contributed by atoms with Crippen LogP contribution in [0.1, 0.15) is 51.1 Å².